The summed E-state index contributed by atoms with van der Waals surface area (Å²) in [6, 6.07) is 1.04. The number of hydrogen-bond donors (Lipinski definition) is 1. The largest absolute Gasteiger partial charge is 0.416 e. The fourth-order valence-electron chi connectivity index (χ4n) is 1.45. The second kappa shape index (κ2) is 4.21. The van der Waals surface area contributed by atoms with Gasteiger partial charge in [0, 0.05) is 0 Å². The standard InChI is InChI=1S/C10H8F6O/c1-5-7(9(11,12)13)2-6(4-17)3-8(5)10(14,15)16/h2-3,17H,4H2,1H3. The highest BCUT2D eigenvalue weighted by atomic mass is 19.4. The summed E-state index contributed by atoms with van der Waals surface area (Å²) in [5, 5.41) is 8.67. The van der Waals surface area contributed by atoms with Crippen LogP contribution in [0.1, 0.15) is 22.3 Å². The minimum atomic E-state index is -4.88. The van der Waals surface area contributed by atoms with Crippen molar-refractivity contribution in [3.63, 3.8) is 0 Å². The third-order valence-corrected chi connectivity index (χ3v) is 2.26. The molecule has 1 aromatic carbocycles. The molecule has 0 amide bonds. The molecule has 17 heavy (non-hydrogen) atoms. The highest BCUT2D eigenvalue weighted by molar-refractivity contribution is 5.41. The molecule has 1 aromatic rings. The summed E-state index contributed by atoms with van der Waals surface area (Å²) < 4.78 is 74.9. The summed E-state index contributed by atoms with van der Waals surface area (Å²) in [5.74, 6) is 0. The molecular weight excluding hydrogens is 250 g/mol. The molecule has 0 aromatic heterocycles. The van der Waals surface area contributed by atoms with Gasteiger partial charge in [-0.1, -0.05) is 0 Å². The molecule has 0 aliphatic rings. The molecule has 0 spiro atoms. The van der Waals surface area contributed by atoms with E-state index >= 15 is 0 Å². The van der Waals surface area contributed by atoms with Crippen LogP contribution in [-0.2, 0) is 19.0 Å². The fraction of sp³-hybridized carbons (Fsp3) is 0.400. The lowest BCUT2D eigenvalue weighted by Gasteiger charge is -2.17. The minimum absolute atomic E-state index is 0.421. The van der Waals surface area contributed by atoms with Gasteiger partial charge in [0.25, 0.3) is 0 Å². The Kier molecular flexibility index (Phi) is 3.42. The van der Waals surface area contributed by atoms with Gasteiger partial charge < -0.3 is 5.11 Å². The molecule has 0 heterocycles. The van der Waals surface area contributed by atoms with Crippen molar-refractivity contribution in [1.29, 1.82) is 0 Å². The van der Waals surface area contributed by atoms with Crippen LogP contribution in [0.5, 0.6) is 0 Å². The second-order valence-corrected chi connectivity index (χ2v) is 3.47. The van der Waals surface area contributed by atoms with Crippen LogP contribution in [0.4, 0.5) is 26.3 Å². The Balaban J connectivity index is 3.53. The Labute approximate surface area is 92.7 Å². The summed E-state index contributed by atoms with van der Waals surface area (Å²) in [6.07, 6.45) is -9.76. The SMILES string of the molecule is Cc1c(C(F)(F)F)cc(CO)cc1C(F)(F)F. The second-order valence-electron chi connectivity index (χ2n) is 3.47. The Hall–Kier alpha value is -1.24. The summed E-state index contributed by atoms with van der Waals surface area (Å²) >= 11 is 0. The number of aliphatic hydroxyl groups is 1. The van der Waals surface area contributed by atoms with Crippen molar-refractivity contribution in [3.05, 3.63) is 34.4 Å². The number of hydrogen-bond acceptors (Lipinski definition) is 1. The van der Waals surface area contributed by atoms with E-state index in [1.54, 1.807) is 0 Å². The first-order valence-electron chi connectivity index (χ1n) is 4.46. The normalized spacial score (nSPS) is 12.9. The number of benzene rings is 1. The fourth-order valence-corrected chi connectivity index (χ4v) is 1.45. The van der Waals surface area contributed by atoms with E-state index in [0.717, 1.165) is 6.92 Å². The van der Waals surface area contributed by atoms with Gasteiger partial charge in [0.2, 0.25) is 0 Å². The van der Waals surface area contributed by atoms with Gasteiger partial charge in [-0.3, -0.25) is 0 Å². The third-order valence-electron chi connectivity index (χ3n) is 2.26. The lowest BCUT2D eigenvalue weighted by Crippen LogP contribution is -2.15. The Bertz CT molecular complexity index is 383. The van der Waals surface area contributed by atoms with Crippen molar-refractivity contribution in [3.8, 4) is 0 Å². The van der Waals surface area contributed by atoms with Crippen molar-refractivity contribution in [2.75, 3.05) is 0 Å². The van der Waals surface area contributed by atoms with Crippen LogP contribution in [0, 0.1) is 6.92 Å². The molecule has 1 nitrogen and oxygen atoms in total. The quantitative estimate of drug-likeness (QED) is 0.764. The van der Waals surface area contributed by atoms with Gasteiger partial charge in [0.1, 0.15) is 0 Å². The lowest BCUT2D eigenvalue weighted by molar-refractivity contribution is -0.144. The van der Waals surface area contributed by atoms with Gasteiger partial charge in [-0.05, 0) is 30.2 Å². The number of rotatable bonds is 1. The first-order valence-corrected chi connectivity index (χ1v) is 4.46. The zero-order valence-corrected chi connectivity index (χ0v) is 8.58. The van der Waals surface area contributed by atoms with Crippen molar-refractivity contribution in [2.45, 2.75) is 25.9 Å². The van der Waals surface area contributed by atoms with Crippen LogP contribution in [0.3, 0.4) is 0 Å². The van der Waals surface area contributed by atoms with Crippen molar-refractivity contribution < 1.29 is 31.4 Å². The monoisotopic (exact) mass is 258 g/mol. The summed E-state index contributed by atoms with van der Waals surface area (Å²) in [4.78, 5) is 0. The molecular formula is C10H8F6O. The zero-order chi connectivity index (χ0) is 13.4. The van der Waals surface area contributed by atoms with Crippen LogP contribution in [0.25, 0.3) is 0 Å². The van der Waals surface area contributed by atoms with Gasteiger partial charge in [0.15, 0.2) is 0 Å². The summed E-state index contributed by atoms with van der Waals surface area (Å²) in [6.45, 7) is -0.126. The van der Waals surface area contributed by atoms with Gasteiger partial charge in [-0.2, -0.15) is 26.3 Å². The zero-order valence-electron chi connectivity index (χ0n) is 8.58. The summed E-state index contributed by atoms with van der Waals surface area (Å²) in [5.41, 5.74) is -4.06. The van der Waals surface area contributed by atoms with Crippen LogP contribution >= 0.6 is 0 Å². The molecule has 7 heteroatoms. The molecule has 0 aliphatic carbocycles. The number of alkyl halides is 6. The molecule has 0 fully saturated rings. The Morgan fingerprint density at radius 2 is 1.29 bits per heavy atom. The molecule has 1 N–H and O–H groups in total. The van der Waals surface area contributed by atoms with Crippen molar-refractivity contribution >= 4 is 0 Å². The number of halogens is 6. The molecule has 0 unspecified atom stereocenters. The van der Waals surface area contributed by atoms with Crippen LogP contribution in [0.2, 0.25) is 0 Å². The molecule has 1 rings (SSSR count). The molecule has 0 radical (unpaired) electrons. The predicted molar refractivity (Wildman–Crippen MR) is 47.1 cm³/mol. The van der Waals surface area contributed by atoms with E-state index in [9.17, 15) is 26.3 Å². The van der Waals surface area contributed by atoms with Crippen LogP contribution < -0.4 is 0 Å². The van der Waals surface area contributed by atoms with E-state index < -0.39 is 41.2 Å². The van der Waals surface area contributed by atoms with E-state index in [1.807, 2.05) is 0 Å². The first kappa shape index (κ1) is 13.8. The van der Waals surface area contributed by atoms with E-state index in [1.165, 1.54) is 0 Å². The maximum absolute atomic E-state index is 12.5. The Morgan fingerprint density at radius 3 is 1.53 bits per heavy atom. The lowest BCUT2D eigenvalue weighted by atomic mass is 9.98. The summed E-state index contributed by atoms with van der Waals surface area (Å²) in [7, 11) is 0. The van der Waals surface area contributed by atoms with Gasteiger partial charge in [-0.25, -0.2) is 0 Å². The Morgan fingerprint density at radius 1 is 0.941 bits per heavy atom. The first-order chi connectivity index (χ1) is 7.57. The van der Waals surface area contributed by atoms with Gasteiger partial charge in [0.05, 0.1) is 17.7 Å². The molecule has 0 saturated carbocycles. The smallest absolute Gasteiger partial charge is 0.392 e. The highest BCUT2D eigenvalue weighted by Crippen LogP contribution is 2.39. The van der Waals surface area contributed by atoms with Crippen LogP contribution in [0.15, 0.2) is 12.1 Å². The minimum Gasteiger partial charge on any atom is -0.392 e. The molecule has 0 atom stereocenters. The van der Waals surface area contributed by atoms with E-state index in [-0.39, 0.29) is 0 Å². The maximum atomic E-state index is 12.5. The van der Waals surface area contributed by atoms with E-state index in [0.29, 0.717) is 12.1 Å². The van der Waals surface area contributed by atoms with Gasteiger partial charge >= 0.3 is 12.4 Å². The molecule has 0 saturated heterocycles. The third kappa shape index (κ3) is 2.91. The maximum Gasteiger partial charge on any atom is 0.416 e. The topological polar surface area (TPSA) is 20.2 Å². The highest BCUT2D eigenvalue weighted by Gasteiger charge is 2.39. The average Bonchev–Trinajstić information content (AvgIpc) is 2.14. The predicted octanol–water partition coefficient (Wildman–Crippen LogP) is 3.52. The van der Waals surface area contributed by atoms with Crippen molar-refractivity contribution in [2.24, 2.45) is 0 Å². The van der Waals surface area contributed by atoms with Crippen LogP contribution in [-0.4, -0.2) is 5.11 Å². The molecule has 0 bridgehead atoms. The average molecular weight is 258 g/mol. The molecule has 96 valence electrons. The molecule has 0 aliphatic heterocycles. The van der Waals surface area contributed by atoms with Gasteiger partial charge in [-0.15, -0.1) is 0 Å². The van der Waals surface area contributed by atoms with Crippen molar-refractivity contribution in [1.82, 2.24) is 0 Å². The van der Waals surface area contributed by atoms with E-state index in [2.05, 4.69) is 0 Å². The van der Waals surface area contributed by atoms with E-state index in [4.69, 9.17) is 5.11 Å². The number of aliphatic hydroxyl groups excluding tert-OH is 1.